The Bertz CT molecular complexity index is 338. The number of ether oxygens (including phenoxy) is 1. The number of nitrogens with zero attached hydrogens (tertiary/aromatic N) is 1. The summed E-state index contributed by atoms with van der Waals surface area (Å²) in [6, 6.07) is 0. The van der Waals surface area contributed by atoms with E-state index in [4.69, 9.17) is 0 Å². The van der Waals surface area contributed by atoms with E-state index >= 15 is 0 Å². The second-order valence-electron chi connectivity index (χ2n) is 3.23. The molecule has 0 radical (unpaired) electrons. The molecule has 0 fully saturated rings. The average Bonchev–Trinajstić information content (AvgIpc) is 2.73. The molecular formula is C9H12F3N3O2. The molecule has 0 saturated carbocycles. The minimum atomic E-state index is -4.36. The summed E-state index contributed by atoms with van der Waals surface area (Å²) in [4.78, 5) is 17.8. The third kappa shape index (κ3) is 6.56. The minimum Gasteiger partial charge on any atom is -0.372 e. The maximum atomic E-state index is 11.7. The van der Waals surface area contributed by atoms with E-state index in [-0.39, 0.29) is 25.5 Å². The van der Waals surface area contributed by atoms with Crippen LogP contribution in [-0.4, -0.2) is 35.3 Å². The van der Waals surface area contributed by atoms with Crippen molar-refractivity contribution >= 4 is 5.91 Å². The number of amides is 1. The van der Waals surface area contributed by atoms with Crippen LogP contribution in [0, 0.1) is 0 Å². The summed E-state index contributed by atoms with van der Waals surface area (Å²) in [5, 5.41) is 2.49. The number of aromatic amines is 1. The SMILES string of the molecule is O=C(CCOCC(F)(F)F)NCc1ncc[nH]1. The van der Waals surface area contributed by atoms with Crippen molar-refractivity contribution in [2.24, 2.45) is 0 Å². The average molecular weight is 251 g/mol. The first-order valence-corrected chi connectivity index (χ1v) is 4.87. The molecule has 1 amide bonds. The first kappa shape index (κ1) is 13.5. The van der Waals surface area contributed by atoms with Crippen LogP contribution in [0.2, 0.25) is 0 Å². The Hall–Kier alpha value is -1.57. The molecule has 17 heavy (non-hydrogen) atoms. The van der Waals surface area contributed by atoms with E-state index in [0.29, 0.717) is 5.82 Å². The van der Waals surface area contributed by atoms with Crippen LogP contribution < -0.4 is 5.32 Å². The topological polar surface area (TPSA) is 67.0 Å². The van der Waals surface area contributed by atoms with Crippen LogP contribution in [0.5, 0.6) is 0 Å². The summed E-state index contributed by atoms with van der Waals surface area (Å²) in [6.45, 7) is -1.38. The molecule has 0 atom stereocenters. The van der Waals surface area contributed by atoms with Crippen LogP contribution in [0.3, 0.4) is 0 Å². The third-order valence-electron chi connectivity index (χ3n) is 1.75. The van der Waals surface area contributed by atoms with Gasteiger partial charge in [0.25, 0.3) is 0 Å². The van der Waals surface area contributed by atoms with Gasteiger partial charge in [-0.2, -0.15) is 13.2 Å². The minimum absolute atomic E-state index is 0.114. The molecule has 1 aromatic heterocycles. The van der Waals surface area contributed by atoms with E-state index < -0.39 is 12.8 Å². The molecule has 0 saturated heterocycles. The lowest BCUT2D eigenvalue weighted by molar-refractivity contribution is -0.174. The van der Waals surface area contributed by atoms with Crippen molar-refractivity contribution in [2.45, 2.75) is 19.1 Å². The summed E-state index contributed by atoms with van der Waals surface area (Å²) < 4.78 is 39.3. The van der Waals surface area contributed by atoms with Gasteiger partial charge >= 0.3 is 6.18 Å². The lowest BCUT2D eigenvalue weighted by Gasteiger charge is -2.07. The molecule has 8 heteroatoms. The van der Waals surface area contributed by atoms with Crippen molar-refractivity contribution in [3.8, 4) is 0 Å². The zero-order chi connectivity index (χ0) is 12.7. The van der Waals surface area contributed by atoms with Gasteiger partial charge in [0.2, 0.25) is 5.91 Å². The highest BCUT2D eigenvalue weighted by Gasteiger charge is 2.27. The molecular weight excluding hydrogens is 239 g/mol. The molecule has 0 spiro atoms. The van der Waals surface area contributed by atoms with Crippen molar-refractivity contribution < 1.29 is 22.7 Å². The van der Waals surface area contributed by atoms with Gasteiger partial charge < -0.3 is 15.0 Å². The molecule has 96 valence electrons. The number of rotatable bonds is 6. The van der Waals surface area contributed by atoms with Crippen LogP contribution in [0.1, 0.15) is 12.2 Å². The predicted octanol–water partition coefficient (Wildman–Crippen LogP) is 0.995. The molecule has 0 aliphatic rings. The molecule has 1 heterocycles. The molecule has 1 rings (SSSR count). The van der Waals surface area contributed by atoms with Crippen LogP contribution in [0.25, 0.3) is 0 Å². The van der Waals surface area contributed by atoms with Gasteiger partial charge in [-0.3, -0.25) is 4.79 Å². The number of alkyl halides is 3. The number of nitrogens with one attached hydrogen (secondary N) is 2. The van der Waals surface area contributed by atoms with Crippen molar-refractivity contribution in [3.63, 3.8) is 0 Å². The Morgan fingerprint density at radius 1 is 1.53 bits per heavy atom. The lowest BCUT2D eigenvalue weighted by Crippen LogP contribution is -2.25. The van der Waals surface area contributed by atoms with Crippen molar-refractivity contribution in [3.05, 3.63) is 18.2 Å². The second kappa shape index (κ2) is 6.24. The fourth-order valence-electron chi connectivity index (χ4n) is 1.02. The number of halogens is 3. The van der Waals surface area contributed by atoms with Crippen LogP contribution in [-0.2, 0) is 16.1 Å². The largest absolute Gasteiger partial charge is 0.411 e. The van der Waals surface area contributed by atoms with Gasteiger partial charge in [0, 0.05) is 18.8 Å². The standard InChI is InChI=1S/C9H12F3N3O2/c10-9(11,12)6-17-4-1-8(16)15-5-7-13-2-3-14-7/h2-3H,1,4-6H2,(H,13,14)(H,15,16). The van der Waals surface area contributed by atoms with Crippen LogP contribution >= 0.6 is 0 Å². The number of hydrogen-bond donors (Lipinski definition) is 2. The fourth-order valence-corrected chi connectivity index (χ4v) is 1.02. The smallest absolute Gasteiger partial charge is 0.372 e. The van der Waals surface area contributed by atoms with E-state index in [1.807, 2.05) is 0 Å². The predicted molar refractivity (Wildman–Crippen MR) is 51.9 cm³/mol. The quantitative estimate of drug-likeness (QED) is 0.741. The number of imidazole rings is 1. The highest BCUT2D eigenvalue weighted by atomic mass is 19.4. The van der Waals surface area contributed by atoms with Crippen molar-refractivity contribution in [2.75, 3.05) is 13.2 Å². The maximum Gasteiger partial charge on any atom is 0.411 e. The monoisotopic (exact) mass is 251 g/mol. The van der Waals surface area contributed by atoms with Gasteiger partial charge in [0.05, 0.1) is 13.2 Å². The Kier molecular flexibility index (Phi) is 4.95. The molecule has 0 aliphatic heterocycles. The number of carbonyl (C=O) groups is 1. The number of H-pyrrole nitrogens is 1. The molecule has 1 aromatic rings. The highest BCUT2D eigenvalue weighted by molar-refractivity contribution is 5.75. The van der Waals surface area contributed by atoms with E-state index in [1.54, 1.807) is 6.20 Å². The number of hydrogen-bond acceptors (Lipinski definition) is 3. The lowest BCUT2D eigenvalue weighted by atomic mass is 10.4. The Morgan fingerprint density at radius 3 is 2.88 bits per heavy atom. The zero-order valence-electron chi connectivity index (χ0n) is 8.88. The molecule has 0 bridgehead atoms. The summed E-state index contributed by atoms with van der Waals surface area (Å²) in [6.07, 6.45) is -1.33. The summed E-state index contributed by atoms with van der Waals surface area (Å²) >= 11 is 0. The van der Waals surface area contributed by atoms with Gasteiger partial charge in [0.15, 0.2) is 0 Å². The highest BCUT2D eigenvalue weighted by Crippen LogP contribution is 2.14. The van der Waals surface area contributed by atoms with E-state index in [0.717, 1.165) is 0 Å². The van der Waals surface area contributed by atoms with Gasteiger partial charge in [-0.15, -0.1) is 0 Å². The molecule has 0 aromatic carbocycles. The van der Waals surface area contributed by atoms with Crippen LogP contribution in [0.15, 0.2) is 12.4 Å². The second-order valence-corrected chi connectivity index (χ2v) is 3.23. The van der Waals surface area contributed by atoms with Crippen LogP contribution in [0.4, 0.5) is 13.2 Å². The van der Waals surface area contributed by atoms with Gasteiger partial charge in [-0.05, 0) is 0 Å². The Morgan fingerprint density at radius 2 is 2.29 bits per heavy atom. The van der Waals surface area contributed by atoms with E-state index in [1.165, 1.54) is 6.20 Å². The molecule has 0 unspecified atom stereocenters. The van der Waals surface area contributed by atoms with Crippen molar-refractivity contribution in [1.82, 2.24) is 15.3 Å². The number of aromatic nitrogens is 2. The molecule has 0 aliphatic carbocycles. The van der Waals surface area contributed by atoms with Gasteiger partial charge in [-0.1, -0.05) is 0 Å². The summed E-state index contributed by atoms with van der Waals surface area (Å²) in [5.74, 6) is 0.193. The summed E-state index contributed by atoms with van der Waals surface area (Å²) in [7, 11) is 0. The third-order valence-corrected chi connectivity index (χ3v) is 1.75. The van der Waals surface area contributed by atoms with E-state index in [2.05, 4.69) is 20.0 Å². The normalized spacial score (nSPS) is 11.5. The first-order valence-electron chi connectivity index (χ1n) is 4.87. The van der Waals surface area contributed by atoms with Gasteiger partial charge in [0.1, 0.15) is 12.4 Å². The molecule has 5 nitrogen and oxygen atoms in total. The Labute approximate surface area is 95.4 Å². The maximum absolute atomic E-state index is 11.7. The zero-order valence-corrected chi connectivity index (χ0v) is 8.88. The summed E-state index contributed by atoms with van der Waals surface area (Å²) in [5.41, 5.74) is 0. The number of carbonyl (C=O) groups excluding carboxylic acids is 1. The van der Waals surface area contributed by atoms with E-state index in [9.17, 15) is 18.0 Å². The first-order chi connectivity index (χ1) is 7.97. The van der Waals surface area contributed by atoms with Crippen molar-refractivity contribution in [1.29, 1.82) is 0 Å². The fraction of sp³-hybridized carbons (Fsp3) is 0.556. The van der Waals surface area contributed by atoms with Gasteiger partial charge in [-0.25, -0.2) is 4.98 Å². The molecule has 2 N–H and O–H groups in total. The Balaban J connectivity index is 2.06.